The van der Waals surface area contributed by atoms with E-state index in [2.05, 4.69) is 0 Å². The molecule has 0 amide bonds. The molecule has 0 aliphatic carbocycles. The van der Waals surface area contributed by atoms with Gasteiger partial charge in [-0.2, -0.15) is 0 Å². The molecule has 0 saturated carbocycles. The summed E-state index contributed by atoms with van der Waals surface area (Å²) in [5, 5.41) is 0.582. The van der Waals surface area contributed by atoms with Crippen LogP contribution in [0.4, 0.5) is 4.39 Å². The molecule has 0 atom stereocenters. The molecule has 3 heteroatoms. The minimum absolute atomic E-state index is 0.322. The lowest BCUT2D eigenvalue weighted by molar-refractivity contribution is 0.112. The smallest absolute Gasteiger partial charge is 0.150 e. The zero-order valence-electron chi connectivity index (χ0n) is 8.28. The lowest BCUT2D eigenvalue weighted by Gasteiger charge is -2.05. The highest BCUT2D eigenvalue weighted by molar-refractivity contribution is 6.30. The zero-order valence-corrected chi connectivity index (χ0v) is 9.04. The van der Waals surface area contributed by atoms with Gasteiger partial charge in [0.1, 0.15) is 5.82 Å². The number of hydrogen-bond acceptors (Lipinski definition) is 1. The van der Waals surface area contributed by atoms with E-state index < -0.39 is 5.82 Å². The van der Waals surface area contributed by atoms with Gasteiger partial charge >= 0.3 is 0 Å². The average molecular weight is 235 g/mol. The zero-order chi connectivity index (χ0) is 11.5. The van der Waals surface area contributed by atoms with Crippen LogP contribution in [0.15, 0.2) is 42.5 Å². The van der Waals surface area contributed by atoms with Crippen molar-refractivity contribution in [3.63, 3.8) is 0 Å². The van der Waals surface area contributed by atoms with Crippen molar-refractivity contribution < 1.29 is 9.18 Å². The fourth-order valence-corrected chi connectivity index (χ4v) is 1.74. The summed E-state index contributed by atoms with van der Waals surface area (Å²) in [6, 6.07) is 11.2. The van der Waals surface area contributed by atoms with Crippen LogP contribution in [0.5, 0.6) is 0 Å². The van der Waals surface area contributed by atoms with Gasteiger partial charge in [0.25, 0.3) is 0 Å². The SMILES string of the molecule is O=Cc1cc(F)ccc1-c1cccc(Cl)c1. The number of hydrogen-bond donors (Lipinski definition) is 0. The third kappa shape index (κ3) is 2.12. The predicted octanol–water partition coefficient (Wildman–Crippen LogP) is 3.96. The van der Waals surface area contributed by atoms with Gasteiger partial charge in [-0.3, -0.25) is 4.79 Å². The molecule has 0 saturated heterocycles. The number of benzene rings is 2. The van der Waals surface area contributed by atoms with Crippen molar-refractivity contribution in [3.8, 4) is 11.1 Å². The standard InChI is InChI=1S/C13H8ClFO/c14-11-3-1-2-9(6-11)13-5-4-12(15)7-10(13)8-16/h1-8H. The molecule has 0 bridgehead atoms. The van der Waals surface area contributed by atoms with Crippen LogP contribution in [0, 0.1) is 5.82 Å². The van der Waals surface area contributed by atoms with Crippen LogP contribution in [-0.2, 0) is 0 Å². The monoisotopic (exact) mass is 234 g/mol. The summed E-state index contributed by atoms with van der Waals surface area (Å²) in [5.74, 6) is -0.423. The summed E-state index contributed by atoms with van der Waals surface area (Å²) in [7, 11) is 0. The molecule has 80 valence electrons. The fraction of sp³-hybridized carbons (Fsp3) is 0. The predicted molar refractivity (Wildman–Crippen MR) is 62.2 cm³/mol. The lowest BCUT2D eigenvalue weighted by atomic mass is 10.0. The third-order valence-corrected chi connectivity index (χ3v) is 2.51. The van der Waals surface area contributed by atoms with Crippen molar-refractivity contribution in [2.24, 2.45) is 0 Å². The van der Waals surface area contributed by atoms with Crippen LogP contribution in [-0.4, -0.2) is 6.29 Å². The topological polar surface area (TPSA) is 17.1 Å². The molecule has 0 radical (unpaired) electrons. The molecule has 16 heavy (non-hydrogen) atoms. The quantitative estimate of drug-likeness (QED) is 0.719. The van der Waals surface area contributed by atoms with Gasteiger partial charge in [0, 0.05) is 10.6 Å². The molecule has 0 aliphatic heterocycles. The van der Waals surface area contributed by atoms with Gasteiger partial charge in [0.05, 0.1) is 0 Å². The van der Waals surface area contributed by atoms with Gasteiger partial charge < -0.3 is 0 Å². The van der Waals surface area contributed by atoms with Crippen LogP contribution in [0.3, 0.4) is 0 Å². The minimum atomic E-state index is -0.423. The maximum Gasteiger partial charge on any atom is 0.150 e. The Labute approximate surface area is 97.5 Å². The second-order valence-electron chi connectivity index (χ2n) is 3.36. The first kappa shape index (κ1) is 10.8. The van der Waals surface area contributed by atoms with E-state index in [1.165, 1.54) is 12.1 Å². The van der Waals surface area contributed by atoms with Crippen LogP contribution >= 0.6 is 11.6 Å². The molecule has 2 aromatic carbocycles. The van der Waals surface area contributed by atoms with Crippen LogP contribution in [0.2, 0.25) is 5.02 Å². The lowest BCUT2D eigenvalue weighted by Crippen LogP contribution is -1.89. The Kier molecular flexibility index (Phi) is 3.02. The van der Waals surface area contributed by atoms with Crippen LogP contribution < -0.4 is 0 Å². The molecular formula is C13H8ClFO. The van der Waals surface area contributed by atoms with Crippen LogP contribution in [0.1, 0.15) is 10.4 Å². The van der Waals surface area contributed by atoms with Crippen molar-refractivity contribution >= 4 is 17.9 Å². The van der Waals surface area contributed by atoms with E-state index in [-0.39, 0.29) is 0 Å². The Morgan fingerprint density at radius 3 is 2.62 bits per heavy atom. The van der Waals surface area contributed by atoms with E-state index >= 15 is 0 Å². The Hall–Kier alpha value is -1.67. The van der Waals surface area contributed by atoms with Crippen molar-refractivity contribution in [2.45, 2.75) is 0 Å². The van der Waals surface area contributed by atoms with E-state index in [9.17, 15) is 9.18 Å². The van der Waals surface area contributed by atoms with E-state index in [4.69, 9.17) is 11.6 Å². The Bertz CT molecular complexity index is 537. The van der Waals surface area contributed by atoms with Gasteiger partial charge in [-0.25, -0.2) is 4.39 Å². The molecule has 0 unspecified atom stereocenters. The fourth-order valence-electron chi connectivity index (χ4n) is 1.55. The summed E-state index contributed by atoms with van der Waals surface area (Å²) in [6.07, 6.45) is 0.638. The number of halogens is 2. The van der Waals surface area contributed by atoms with Gasteiger partial charge in [0.2, 0.25) is 0 Å². The molecule has 0 spiro atoms. The Balaban J connectivity index is 2.59. The first-order chi connectivity index (χ1) is 7.70. The summed E-state index contributed by atoms with van der Waals surface area (Å²) in [4.78, 5) is 10.8. The number of carbonyl (C=O) groups excluding carboxylic acids is 1. The highest BCUT2D eigenvalue weighted by atomic mass is 35.5. The van der Waals surface area contributed by atoms with Gasteiger partial charge in [0.15, 0.2) is 6.29 Å². The molecule has 2 rings (SSSR count). The number of aldehydes is 1. The first-order valence-electron chi connectivity index (χ1n) is 4.71. The van der Waals surface area contributed by atoms with Crippen LogP contribution in [0.25, 0.3) is 11.1 Å². The highest BCUT2D eigenvalue weighted by Gasteiger charge is 2.06. The molecule has 0 aromatic heterocycles. The average Bonchev–Trinajstić information content (AvgIpc) is 2.28. The second-order valence-corrected chi connectivity index (χ2v) is 3.80. The summed E-state index contributed by atoms with van der Waals surface area (Å²) < 4.78 is 12.9. The van der Waals surface area contributed by atoms with E-state index in [0.29, 0.717) is 22.4 Å². The maximum absolute atomic E-state index is 12.9. The van der Waals surface area contributed by atoms with Crippen molar-refractivity contribution in [1.82, 2.24) is 0 Å². The largest absolute Gasteiger partial charge is 0.298 e. The highest BCUT2D eigenvalue weighted by Crippen LogP contribution is 2.25. The van der Waals surface area contributed by atoms with E-state index in [0.717, 1.165) is 5.56 Å². The molecule has 2 aromatic rings. The van der Waals surface area contributed by atoms with Crippen molar-refractivity contribution in [3.05, 3.63) is 58.9 Å². The minimum Gasteiger partial charge on any atom is -0.298 e. The van der Waals surface area contributed by atoms with Gasteiger partial charge in [-0.15, -0.1) is 0 Å². The third-order valence-electron chi connectivity index (χ3n) is 2.28. The normalized spacial score (nSPS) is 10.1. The molecule has 0 N–H and O–H groups in total. The number of carbonyl (C=O) groups is 1. The van der Waals surface area contributed by atoms with E-state index in [1.807, 2.05) is 6.07 Å². The molecule has 0 heterocycles. The Morgan fingerprint density at radius 1 is 1.12 bits per heavy atom. The van der Waals surface area contributed by atoms with E-state index in [1.54, 1.807) is 24.3 Å². The summed E-state index contributed by atoms with van der Waals surface area (Å²) >= 11 is 5.86. The Morgan fingerprint density at radius 2 is 1.94 bits per heavy atom. The van der Waals surface area contributed by atoms with Crippen molar-refractivity contribution in [1.29, 1.82) is 0 Å². The molecule has 0 aliphatic rings. The maximum atomic E-state index is 12.9. The van der Waals surface area contributed by atoms with Gasteiger partial charge in [-0.05, 0) is 35.4 Å². The van der Waals surface area contributed by atoms with Gasteiger partial charge in [-0.1, -0.05) is 29.8 Å². The summed E-state index contributed by atoms with van der Waals surface area (Å²) in [6.45, 7) is 0. The summed E-state index contributed by atoms with van der Waals surface area (Å²) in [5.41, 5.74) is 1.80. The molecular weight excluding hydrogens is 227 g/mol. The molecule has 0 fully saturated rings. The van der Waals surface area contributed by atoms with Crippen molar-refractivity contribution in [2.75, 3.05) is 0 Å². The molecule has 1 nitrogen and oxygen atoms in total. The number of rotatable bonds is 2. The first-order valence-corrected chi connectivity index (χ1v) is 5.09. The second kappa shape index (κ2) is 4.45.